The second kappa shape index (κ2) is 6.50. The molecule has 0 saturated heterocycles. The van der Waals surface area contributed by atoms with Crippen LogP contribution in [0.3, 0.4) is 0 Å². The Balaban J connectivity index is 1.72. The van der Waals surface area contributed by atoms with Crippen LogP contribution in [0.2, 0.25) is 5.02 Å². The largest absolute Gasteiger partial charge is 0.320 e. The third kappa shape index (κ3) is 3.09. The van der Waals surface area contributed by atoms with Crippen LogP contribution in [-0.4, -0.2) is 23.1 Å². The highest BCUT2D eigenvalue weighted by atomic mass is 35.5. The lowest BCUT2D eigenvalue weighted by molar-refractivity contribution is 0.312. The summed E-state index contributed by atoms with van der Waals surface area (Å²) in [4.78, 5) is 2.36. The standard InChI is InChI=1S/C23H22ClFN2/c1-26-11-10-23-21(13-26)19-12-17(24)6-9-22(19)27(23)14-20(15-2-3-15)16-4-7-18(25)8-5-16/h4-9,12,14-15H,2-3,10-11,13H2,1H3/b20-14-. The van der Waals surface area contributed by atoms with Gasteiger partial charge in [0.25, 0.3) is 0 Å². The average molecular weight is 381 g/mol. The molecule has 1 aliphatic heterocycles. The molecule has 0 amide bonds. The van der Waals surface area contributed by atoms with E-state index in [1.165, 1.54) is 40.6 Å². The molecule has 0 spiro atoms. The van der Waals surface area contributed by atoms with Crippen LogP contribution < -0.4 is 0 Å². The maximum atomic E-state index is 13.4. The van der Waals surface area contributed by atoms with Crippen molar-refractivity contribution < 1.29 is 4.39 Å². The first-order chi connectivity index (χ1) is 13.1. The van der Waals surface area contributed by atoms with E-state index in [1.807, 2.05) is 18.2 Å². The van der Waals surface area contributed by atoms with Crippen LogP contribution in [-0.2, 0) is 13.0 Å². The molecule has 2 heterocycles. The van der Waals surface area contributed by atoms with Crippen LogP contribution in [0.25, 0.3) is 22.7 Å². The van der Waals surface area contributed by atoms with Crippen LogP contribution in [0.4, 0.5) is 4.39 Å². The minimum Gasteiger partial charge on any atom is -0.320 e. The van der Waals surface area contributed by atoms with E-state index in [4.69, 9.17) is 11.6 Å². The number of nitrogens with zero attached hydrogens (tertiary/aromatic N) is 2. The highest BCUT2D eigenvalue weighted by Crippen LogP contribution is 2.43. The second-order valence-electron chi connectivity index (χ2n) is 7.81. The molecule has 0 unspecified atom stereocenters. The van der Waals surface area contributed by atoms with Gasteiger partial charge in [-0.15, -0.1) is 0 Å². The lowest BCUT2D eigenvalue weighted by Gasteiger charge is -2.24. The highest BCUT2D eigenvalue weighted by molar-refractivity contribution is 6.31. The number of likely N-dealkylation sites (N-methyl/N-ethyl adjacent to an activating group) is 1. The fourth-order valence-electron chi connectivity index (χ4n) is 4.24. The van der Waals surface area contributed by atoms with Gasteiger partial charge >= 0.3 is 0 Å². The van der Waals surface area contributed by atoms with Crippen molar-refractivity contribution in [1.29, 1.82) is 0 Å². The molecule has 1 saturated carbocycles. The van der Waals surface area contributed by atoms with Crippen LogP contribution in [0.5, 0.6) is 0 Å². The van der Waals surface area contributed by atoms with E-state index in [1.54, 1.807) is 12.1 Å². The molecule has 3 aromatic rings. The zero-order chi connectivity index (χ0) is 18.5. The van der Waals surface area contributed by atoms with Gasteiger partial charge in [-0.3, -0.25) is 0 Å². The van der Waals surface area contributed by atoms with Gasteiger partial charge in [-0.2, -0.15) is 0 Å². The summed E-state index contributed by atoms with van der Waals surface area (Å²) in [5.74, 6) is 0.387. The van der Waals surface area contributed by atoms with Gasteiger partial charge in [0.1, 0.15) is 5.82 Å². The number of aromatic nitrogens is 1. The number of fused-ring (bicyclic) bond motifs is 3. The molecule has 2 aliphatic rings. The van der Waals surface area contributed by atoms with Gasteiger partial charge in [0.2, 0.25) is 0 Å². The number of allylic oxidation sites excluding steroid dienone is 1. The number of hydrogen-bond donors (Lipinski definition) is 0. The van der Waals surface area contributed by atoms with E-state index >= 15 is 0 Å². The molecule has 0 radical (unpaired) electrons. The maximum Gasteiger partial charge on any atom is 0.123 e. The Morgan fingerprint density at radius 1 is 1.15 bits per heavy atom. The SMILES string of the molecule is CN1CCc2c(c3cc(Cl)ccc3n2/C=C(\c2ccc(F)cc2)C2CC2)C1. The summed E-state index contributed by atoms with van der Waals surface area (Å²) in [6.45, 7) is 2.00. The summed E-state index contributed by atoms with van der Waals surface area (Å²) >= 11 is 6.31. The van der Waals surface area contributed by atoms with Gasteiger partial charge in [-0.1, -0.05) is 23.7 Å². The van der Waals surface area contributed by atoms with Crippen molar-refractivity contribution >= 4 is 34.3 Å². The molecule has 1 aliphatic carbocycles. The van der Waals surface area contributed by atoms with Gasteiger partial charge in [0.15, 0.2) is 0 Å². The summed E-state index contributed by atoms with van der Waals surface area (Å²) in [5.41, 5.74) is 6.40. The minimum atomic E-state index is -0.185. The third-order valence-electron chi connectivity index (χ3n) is 5.80. The summed E-state index contributed by atoms with van der Waals surface area (Å²) in [5, 5.41) is 2.02. The lowest BCUT2D eigenvalue weighted by Crippen LogP contribution is -2.26. The van der Waals surface area contributed by atoms with Crippen molar-refractivity contribution in [2.24, 2.45) is 5.92 Å². The monoisotopic (exact) mass is 380 g/mol. The average Bonchev–Trinajstić information content (AvgIpc) is 3.45. The molecule has 2 aromatic carbocycles. The minimum absolute atomic E-state index is 0.185. The van der Waals surface area contributed by atoms with Crippen LogP contribution >= 0.6 is 11.6 Å². The van der Waals surface area contributed by atoms with E-state index < -0.39 is 0 Å². The molecule has 1 fully saturated rings. The topological polar surface area (TPSA) is 8.17 Å². The van der Waals surface area contributed by atoms with Crippen molar-refractivity contribution in [2.45, 2.75) is 25.8 Å². The fourth-order valence-corrected chi connectivity index (χ4v) is 4.41. The van der Waals surface area contributed by atoms with Crippen LogP contribution in [0.15, 0.2) is 42.5 Å². The maximum absolute atomic E-state index is 13.4. The molecular formula is C23H22ClFN2. The van der Waals surface area contributed by atoms with E-state index in [0.29, 0.717) is 5.92 Å². The number of rotatable bonds is 3. The first-order valence-electron chi connectivity index (χ1n) is 9.57. The predicted octanol–water partition coefficient (Wildman–Crippen LogP) is 5.83. The Morgan fingerprint density at radius 2 is 1.93 bits per heavy atom. The molecule has 2 nitrogen and oxygen atoms in total. The Labute approximate surface area is 163 Å². The van der Waals surface area contributed by atoms with Gasteiger partial charge in [-0.05, 0) is 72.8 Å². The van der Waals surface area contributed by atoms with Crippen molar-refractivity contribution in [1.82, 2.24) is 9.47 Å². The van der Waals surface area contributed by atoms with E-state index in [9.17, 15) is 4.39 Å². The molecule has 0 N–H and O–H groups in total. The van der Waals surface area contributed by atoms with Gasteiger partial charge in [0, 0.05) is 41.8 Å². The first-order valence-corrected chi connectivity index (χ1v) is 9.95. The molecule has 27 heavy (non-hydrogen) atoms. The molecule has 1 aromatic heterocycles. The highest BCUT2D eigenvalue weighted by Gasteiger charge is 2.28. The Morgan fingerprint density at radius 3 is 2.67 bits per heavy atom. The fraction of sp³-hybridized carbons (Fsp3) is 0.304. The Kier molecular flexibility index (Phi) is 4.10. The number of hydrogen-bond acceptors (Lipinski definition) is 1. The normalized spacial score (nSPS) is 18.1. The van der Waals surface area contributed by atoms with Gasteiger partial charge in [-0.25, -0.2) is 4.39 Å². The number of benzene rings is 2. The molecule has 0 atom stereocenters. The van der Waals surface area contributed by atoms with Crippen molar-refractivity contribution in [3.05, 3.63) is 70.1 Å². The van der Waals surface area contributed by atoms with Crippen molar-refractivity contribution in [3.63, 3.8) is 0 Å². The first kappa shape index (κ1) is 17.0. The Bertz CT molecular complexity index is 1040. The molecule has 5 rings (SSSR count). The molecule has 4 heteroatoms. The van der Waals surface area contributed by atoms with Crippen LogP contribution in [0, 0.1) is 11.7 Å². The molecule has 138 valence electrons. The smallest absolute Gasteiger partial charge is 0.123 e. The molecule has 0 bridgehead atoms. The summed E-state index contributed by atoms with van der Waals surface area (Å²) in [6, 6.07) is 13.1. The van der Waals surface area contributed by atoms with E-state index in [0.717, 1.165) is 30.1 Å². The molecular weight excluding hydrogens is 359 g/mol. The second-order valence-corrected chi connectivity index (χ2v) is 8.25. The third-order valence-corrected chi connectivity index (χ3v) is 6.04. The summed E-state index contributed by atoms with van der Waals surface area (Å²) in [6.07, 6.45) is 5.74. The van der Waals surface area contributed by atoms with Crippen LogP contribution in [0.1, 0.15) is 29.7 Å². The summed E-state index contributed by atoms with van der Waals surface area (Å²) < 4.78 is 15.8. The zero-order valence-electron chi connectivity index (χ0n) is 15.4. The lowest BCUT2D eigenvalue weighted by atomic mass is 10.0. The Hall–Kier alpha value is -2.10. The van der Waals surface area contributed by atoms with Gasteiger partial charge in [0.05, 0.1) is 5.52 Å². The van der Waals surface area contributed by atoms with E-state index in [-0.39, 0.29) is 5.82 Å². The predicted molar refractivity (Wildman–Crippen MR) is 110 cm³/mol. The quantitative estimate of drug-likeness (QED) is 0.555. The zero-order valence-corrected chi connectivity index (χ0v) is 16.1. The van der Waals surface area contributed by atoms with E-state index in [2.05, 4.69) is 34.8 Å². The number of halogens is 2. The van der Waals surface area contributed by atoms with Gasteiger partial charge < -0.3 is 9.47 Å². The summed E-state index contributed by atoms with van der Waals surface area (Å²) in [7, 11) is 2.17. The van der Waals surface area contributed by atoms with Crippen molar-refractivity contribution in [2.75, 3.05) is 13.6 Å². The van der Waals surface area contributed by atoms with Crippen molar-refractivity contribution in [3.8, 4) is 0 Å².